The smallest absolute Gasteiger partial charge is 0.252 e. The Labute approximate surface area is 155 Å². The number of nitrogens with zero attached hydrogens (tertiary/aromatic N) is 1. The minimum Gasteiger partial charge on any atom is -0.361 e. The Morgan fingerprint density at radius 3 is 2.73 bits per heavy atom. The summed E-state index contributed by atoms with van der Waals surface area (Å²) in [5.41, 5.74) is 4.72. The molecule has 0 spiro atoms. The number of benzene rings is 2. The summed E-state index contributed by atoms with van der Waals surface area (Å²) in [6.07, 6.45) is 3.52. The van der Waals surface area contributed by atoms with E-state index in [-0.39, 0.29) is 24.8 Å². The van der Waals surface area contributed by atoms with Gasteiger partial charge >= 0.3 is 0 Å². The summed E-state index contributed by atoms with van der Waals surface area (Å²) in [6, 6.07) is 14.6. The van der Waals surface area contributed by atoms with Crippen molar-refractivity contribution < 1.29 is 9.59 Å². The number of aromatic amines is 1. The van der Waals surface area contributed by atoms with Crippen molar-refractivity contribution in [1.29, 1.82) is 0 Å². The molecular weight excluding hydrogens is 352 g/mol. The monoisotopic (exact) mass is 368 g/mol. The van der Waals surface area contributed by atoms with Gasteiger partial charge in [0, 0.05) is 35.6 Å². The Hall–Kier alpha value is -3.12. The SMILES string of the molecule is O=C(CCNC(=O)c1ccccc1Cl)N/N=C\c1c[nH]c2ccccc12. The van der Waals surface area contributed by atoms with E-state index in [1.807, 2.05) is 30.5 Å². The number of hydrogen-bond donors (Lipinski definition) is 3. The minimum absolute atomic E-state index is 0.113. The molecular formula is C19H17ClN4O2. The van der Waals surface area contributed by atoms with Gasteiger partial charge < -0.3 is 10.3 Å². The number of carbonyl (C=O) groups is 2. The Bertz CT molecular complexity index is 965. The average Bonchev–Trinajstić information content (AvgIpc) is 3.05. The number of nitrogens with one attached hydrogen (secondary N) is 3. The first-order valence-corrected chi connectivity index (χ1v) is 8.43. The molecule has 0 bridgehead atoms. The first kappa shape index (κ1) is 17.7. The van der Waals surface area contributed by atoms with E-state index in [1.54, 1.807) is 30.5 Å². The maximum Gasteiger partial charge on any atom is 0.252 e. The quantitative estimate of drug-likeness (QED) is 0.461. The number of carbonyl (C=O) groups excluding carboxylic acids is 2. The number of aromatic nitrogens is 1. The number of amides is 2. The van der Waals surface area contributed by atoms with Gasteiger partial charge in [-0.15, -0.1) is 0 Å². The van der Waals surface area contributed by atoms with Crippen LogP contribution < -0.4 is 10.7 Å². The van der Waals surface area contributed by atoms with Gasteiger partial charge in [0.15, 0.2) is 0 Å². The highest BCUT2D eigenvalue weighted by molar-refractivity contribution is 6.33. The maximum absolute atomic E-state index is 12.0. The Balaban J connectivity index is 1.46. The van der Waals surface area contributed by atoms with E-state index in [0.29, 0.717) is 10.6 Å². The van der Waals surface area contributed by atoms with Gasteiger partial charge in [-0.3, -0.25) is 9.59 Å². The van der Waals surface area contributed by atoms with Crippen LogP contribution in [0, 0.1) is 0 Å². The van der Waals surface area contributed by atoms with Gasteiger partial charge in [-0.2, -0.15) is 5.10 Å². The van der Waals surface area contributed by atoms with Crippen molar-refractivity contribution in [2.24, 2.45) is 5.10 Å². The van der Waals surface area contributed by atoms with Gasteiger partial charge in [0.2, 0.25) is 5.91 Å². The van der Waals surface area contributed by atoms with Crippen molar-refractivity contribution in [2.45, 2.75) is 6.42 Å². The number of hydrazone groups is 1. The predicted molar refractivity (Wildman–Crippen MR) is 102 cm³/mol. The molecule has 1 aromatic heterocycles. The number of para-hydroxylation sites is 1. The molecule has 7 heteroatoms. The van der Waals surface area contributed by atoms with Crippen molar-refractivity contribution in [3.05, 3.63) is 70.9 Å². The molecule has 6 nitrogen and oxygen atoms in total. The average molecular weight is 369 g/mol. The third-order valence-electron chi connectivity index (χ3n) is 3.77. The summed E-state index contributed by atoms with van der Waals surface area (Å²) in [5.74, 6) is -0.605. The Morgan fingerprint density at radius 2 is 1.88 bits per heavy atom. The van der Waals surface area contributed by atoms with E-state index >= 15 is 0 Å². The second-order valence-corrected chi connectivity index (χ2v) is 5.98. The second-order valence-electron chi connectivity index (χ2n) is 5.57. The first-order valence-electron chi connectivity index (χ1n) is 8.06. The van der Waals surface area contributed by atoms with Crippen LogP contribution in [0.5, 0.6) is 0 Å². The van der Waals surface area contributed by atoms with E-state index in [2.05, 4.69) is 20.8 Å². The zero-order valence-corrected chi connectivity index (χ0v) is 14.6. The molecule has 0 aliphatic carbocycles. The molecule has 0 radical (unpaired) electrons. The van der Waals surface area contributed by atoms with Crippen LogP contribution >= 0.6 is 11.6 Å². The van der Waals surface area contributed by atoms with Gasteiger partial charge in [0.05, 0.1) is 16.8 Å². The lowest BCUT2D eigenvalue weighted by molar-refractivity contribution is -0.120. The van der Waals surface area contributed by atoms with E-state index in [9.17, 15) is 9.59 Å². The normalized spacial score (nSPS) is 11.0. The predicted octanol–water partition coefficient (Wildman–Crippen LogP) is 3.09. The summed E-state index contributed by atoms with van der Waals surface area (Å²) in [5, 5.41) is 8.01. The van der Waals surface area contributed by atoms with Crippen molar-refractivity contribution in [3.8, 4) is 0 Å². The Morgan fingerprint density at radius 1 is 1.12 bits per heavy atom. The molecule has 2 amide bonds. The summed E-state index contributed by atoms with van der Waals surface area (Å²) >= 11 is 5.96. The molecule has 3 aromatic rings. The van der Waals surface area contributed by atoms with Crippen LogP contribution in [-0.4, -0.2) is 29.6 Å². The highest BCUT2D eigenvalue weighted by Crippen LogP contribution is 2.15. The molecule has 0 aliphatic rings. The lowest BCUT2D eigenvalue weighted by atomic mass is 10.2. The van der Waals surface area contributed by atoms with Crippen molar-refractivity contribution >= 4 is 40.5 Å². The zero-order valence-electron chi connectivity index (χ0n) is 13.8. The standard InChI is InChI=1S/C19H17ClN4O2/c20-16-7-3-1-6-15(16)19(26)21-10-9-18(25)24-23-12-13-11-22-17-8-4-2-5-14(13)17/h1-8,11-12,22H,9-10H2,(H,21,26)(H,24,25)/b23-12-. The number of rotatable bonds is 6. The van der Waals surface area contributed by atoms with Crippen LogP contribution in [0.15, 0.2) is 59.8 Å². The fraction of sp³-hybridized carbons (Fsp3) is 0.105. The maximum atomic E-state index is 12.0. The molecule has 3 N–H and O–H groups in total. The largest absolute Gasteiger partial charge is 0.361 e. The summed E-state index contributed by atoms with van der Waals surface area (Å²) < 4.78 is 0. The number of halogens is 1. The van der Waals surface area contributed by atoms with Crippen LogP contribution in [0.3, 0.4) is 0 Å². The topological polar surface area (TPSA) is 86.3 Å². The lowest BCUT2D eigenvalue weighted by Crippen LogP contribution is -2.29. The van der Waals surface area contributed by atoms with Gasteiger partial charge in [-0.1, -0.05) is 41.9 Å². The molecule has 0 saturated heterocycles. The van der Waals surface area contributed by atoms with E-state index in [0.717, 1.165) is 16.5 Å². The molecule has 1 heterocycles. The lowest BCUT2D eigenvalue weighted by Gasteiger charge is -2.05. The summed E-state index contributed by atoms with van der Waals surface area (Å²) in [7, 11) is 0. The van der Waals surface area contributed by atoms with Gasteiger partial charge in [0.25, 0.3) is 5.91 Å². The van der Waals surface area contributed by atoms with Gasteiger partial charge in [-0.25, -0.2) is 5.43 Å². The summed E-state index contributed by atoms with van der Waals surface area (Å²) in [4.78, 5) is 26.9. The molecule has 0 atom stereocenters. The van der Waals surface area contributed by atoms with E-state index in [1.165, 1.54) is 0 Å². The van der Waals surface area contributed by atoms with Crippen LogP contribution in [0.1, 0.15) is 22.3 Å². The molecule has 26 heavy (non-hydrogen) atoms. The number of fused-ring (bicyclic) bond motifs is 1. The minimum atomic E-state index is -0.314. The fourth-order valence-corrected chi connectivity index (χ4v) is 2.68. The van der Waals surface area contributed by atoms with Crippen LogP contribution in [0.4, 0.5) is 0 Å². The third kappa shape index (κ3) is 4.29. The van der Waals surface area contributed by atoms with Crippen LogP contribution in [0.25, 0.3) is 10.9 Å². The number of H-pyrrole nitrogens is 1. The zero-order chi connectivity index (χ0) is 18.4. The van der Waals surface area contributed by atoms with E-state index in [4.69, 9.17) is 11.6 Å². The highest BCUT2D eigenvalue weighted by Gasteiger charge is 2.09. The van der Waals surface area contributed by atoms with Crippen LogP contribution in [0.2, 0.25) is 5.02 Å². The van der Waals surface area contributed by atoms with Crippen molar-refractivity contribution in [3.63, 3.8) is 0 Å². The molecule has 132 valence electrons. The third-order valence-corrected chi connectivity index (χ3v) is 4.10. The number of hydrogen-bond acceptors (Lipinski definition) is 3. The molecule has 0 fully saturated rings. The van der Waals surface area contributed by atoms with Gasteiger partial charge in [0.1, 0.15) is 0 Å². The molecule has 2 aromatic carbocycles. The molecule has 0 unspecified atom stereocenters. The van der Waals surface area contributed by atoms with Crippen LogP contribution in [-0.2, 0) is 4.79 Å². The molecule has 0 aliphatic heterocycles. The second kappa shape index (κ2) is 8.31. The summed E-state index contributed by atoms with van der Waals surface area (Å²) in [6.45, 7) is 0.193. The fourth-order valence-electron chi connectivity index (χ4n) is 2.46. The highest BCUT2D eigenvalue weighted by atomic mass is 35.5. The molecule has 0 saturated carbocycles. The van der Waals surface area contributed by atoms with E-state index < -0.39 is 0 Å². The van der Waals surface area contributed by atoms with Gasteiger partial charge in [-0.05, 0) is 18.2 Å². The first-order chi connectivity index (χ1) is 12.6. The molecule has 3 rings (SSSR count). The Kier molecular flexibility index (Phi) is 5.66. The van der Waals surface area contributed by atoms with Crippen molar-refractivity contribution in [2.75, 3.05) is 6.54 Å². The van der Waals surface area contributed by atoms with Crippen molar-refractivity contribution in [1.82, 2.24) is 15.7 Å².